The largest absolute Gasteiger partial charge is 0.479 e. The minimum absolute atomic E-state index is 0.0374. The number of ether oxygens (including phenoxy) is 1. The molecule has 1 aliphatic rings. The molecular formula is C19H18FNO4. The predicted octanol–water partition coefficient (Wildman–Crippen LogP) is 3.32. The molecule has 3 rings (SSSR count). The second-order valence-corrected chi connectivity index (χ2v) is 6.03. The van der Waals surface area contributed by atoms with Crippen molar-refractivity contribution in [2.75, 3.05) is 7.05 Å². The summed E-state index contributed by atoms with van der Waals surface area (Å²) in [5.74, 6) is -1.65. The summed E-state index contributed by atoms with van der Waals surface area (Å²) in [5.41, 5.74) is -0.177. The van der Waals surface area contributed by atoms with Gasteiger partial charge in [0.15, 0.2) is 5.54 Å². The molecule has 0 heterocycles. The Labute approximate surface area is 144 Å². The van der Waals surface area contributed by atoms with Gasteiger partial charge in [-0.25, -0.2) is 14.0 Å². The Hall–Kier alpha value is -2.89. The topological polar surface area (TPSA) is 66.8 Å². The number of nitrogens with zero attached hydrogens (tertiary/aromatic N) is 1. The Morgan fingerprint density at radius 1 is 1.20 bits per heavy atom. The third-order valence-electron chi connectivity index (χ3n) is 4.71. The minimum Gasteiger partial charge on any atom is -0.479 e. The monoisotopic (exact) mass is 343 g/mol. The van der Waals surface area contributed by atoms with Crippen LogP contribution in [-0.2, 0) is 28.1 Å². The van der Waals surface area contributed by atoms with Gasteiger partial charge in [-0.15, -0.1) is 0 Å². The van der Waals surface area contributed by atoms with Crippen LogP contribution in [0.3, 0.4) is 0 Å². The SMILES string of the molecule is CN(C(=O)OCc1ccccc1)C1(C(=O)O)CCc2c(F)cccc21. The van der Waals surface area contributed by atoms with Crippen LogP contribution in [0.2, 0.25) is 0 Å². The molecule has 1 unspecified atom stereocenters. The molecule has 130 valence electrons. The van der Waals surface area contributed by atoms with E-state index in [1.165, 1.54) is 19.2 Å². The molecule has 2 aromatic rings. The fourth-order valence-corrected chi connectivity index (χ4v) is 3.33. The summed E-state index contributed by atoms with van der Waals surface area (Å²) in [6.45, 7) is 0.0374. The number of benzene rings is 2. The van der Waals surface area contributed by atoms with E-state index in [1.807, 2.05) is 18.2 Å². The Balaban J connectivity index is 1.86. The van der Waals surface area contributed by atoms with E-state index in [9.17, 15) is 19.1 Å². The van der Waals surface area contributed by atoms with E-state index in [2.05, 4.69) is 0 Å². The zero-order valence-electron chi connectivity index (χ0n) is 13.7. The molecule has 0 bridgehead atoms. The maximum Gasteiger partial charge on any atom is 0.411 e. The highest BCUT2D eigenvalue weighted by atomic mass is 19.1. The molecule has 1 amide bonds. The Morgan fingerprint density at radius 2 is 1.92 bits per heavy atom. The fraction of sp³-hybridized carbons (Fsp3) is 0.263. The molecular weight excluding hydrogens is 325 g/mol. The zero-order chi connectivity index (χ0) is 18.0. The van der Waals surface area contributed by atoms with Gasteiger partial charge in [-0.3, -0.25) is 4.90 Å². The van der Waals surface area contributed by atoms with Gasteiger partial charge in [-0.1, -0.05) is 42.5 Å². The van der Waals surface area contributed by atoms with Gasteiger partial charge in [0.25, 0.3) is 0 Å². The Morgan fingerprint density at radius 3 is 2.60 bits per heavy atom. The van der Waals surface area contributed by atoms with Crippen LogP contribution in [0.1, 0.15) is 23.1 Å². The number of carbonyl (C=O) groups excluding carboxylic acids is 1. The normalized spacial score (nSPS) is 18.5. The molecule has 0 saturated heterocycles. The molecule has 0 aliphatic heterocycles. The van der Waals surface area contributed by atoms with Gasteiger partial charge in [-0.2, -0.15) is 0 Å². The first-order valence-electron chi connectivity index (χ1n) is 7.92. The second kappa shape index (κ2) is 6.55. The van der Waals surface area contributed by atoms with E-state index < -0.39 is 23.4 Å². The van der Waals surface area contributed by atoms with Crippen LogP contribution in [0.4, 0.5) is 9.18 Å². The lowest BCUT2D eigenvalue weighted by atomic mass is 9.90. The lowest BCUT2D eigenvalue weighted by Crippen LogP contribution is -2.51. The summed E-state index contributed by atoms with van der Waals surface area (Å²) in [4.78, 5) is 25.6. The predicted molar refractivity (Wildman–Crippen MR) is 88.4 cm³/mol. The smallest absolute Gasteiger partial charge is 0.411 e. The van der Waals surface area contributed by atoms with E-state index in [4.69, 9.17) is 4.74 Å². The van der Waals surface area contributed by atoms with Crippen molar-refractivity contribution in [3.63, 3.8) is 0 Å². The molecule has 0 radical (unpaired) electrons. The molecule has 25 heavy (non-hydrogen) atoms. The number of carboxylic acids is 1. The van der Waals surface area contributed by atoms with E-state index in [0.29, 0.717) is 11.1 Å². The zero-order valence-corrected chi connectivity index (χ0v) is 13.7. The summed E-state index contributed by atoms with van der Waals surface area (Å²) in [7, 11) is 1.38. The number of carbonyl (C=O) groups is 2. The van der Waals surface area contributed by atoms with Gasteiger partial charge >= 0.3 is 12.1 Å². The van der Waals surface area contributed by atoms with Crippen molar-refractivity contribution >= 4 is 12.1 Å². The lowest BCUT2D eigenvalue weighted by Gasteiger charge is -2.35. The number of amides is 1. The Kier molecular flexibility index (Phi) is 4.44. The summed E-state index contributed by atoms with van der Waals surface area (Å²) in [6.07, 6.45) is -0.400. The first kappa shape index (κ1) is 17.0. The summed E-state index contributed by atoms with van der Waals surface area (Å²) in [5, 5.41) is 9.83. The molecule has 0 fully saturated rings. The summed E-state index contributed by atoms with van der Waals surface area (Å²) >= 11 is 0. The van der Waals surface area contributed by atoms with Crippen LogP contribution in [0.25, 0.3) is 0 Å². The highest BCUT2D eigenvalue weighted by Gasteiger charge is 2.52. The van der Waals surface area contributed by atoms with Crippen LogP contribution < -0.4 is 0 Å². The van der Waals surface area contributed by atoms with Crippen molar-refractivity contribution in [1.82, 2.24) is 4.90 Å². The highest BCUT2D eigenvalue weighted by molar-refractivity contribution is 5.87. The van der Waals surface area contributed by atoms with Gasteiger partial charge in [0.05, 0.1) is 0 Å². The van der Waals surface area contributed by atoms with Gasteiger partial charge in [0, 0.05) is 7.05 Å². The molecule has 1 atom stereocenters. The molecule has 1 N–H and O–H groups in total. The number of hydrogen-bond donors (Lipinski definition) is 1. The molecule has 0 aromatic heterocycles. The first-order chi connectivity index (χ1) is 12.0. The van der Waals surface area contributed by atoms with Gasteiger partial charge in [0.1, 0.15) is 12.4 Å². The maximum absolute atomic E-state index is 14.0. The van der Waals surface area contributed by atoms with Gasteiger partial charge in [0.2, 0.25) is 0 Å². The number of halogens is 1. The average Bonchev–Trinajstić information content (AvgIpc) is 3.02. The highest BCUT2D eigenvalue weighted by Crippen LogP contribution is 2.42. The standard InChI is InChI=1S/C19H18FNO4/c1-21(18(24)25-12-13-6-3-2-4-7-13)19(17(22)23)11-10-14-15(19)8-5-9-16(14)20/h2-9H,10-12H2,1H3,(H,22,23). The Bertz CT molecular complexity index is 808. The van der Waals surface area contributed by atoms with E-state index in [0.717, 1.165) is 10.5 Å². The van der Waals surface area contributed by atoms with Crippen molar-refractivity contribution in [2.24, 2.45) is 0 Å². The number of rotatable bonds is 4. The molecule has 5 nitrogen and oxygen atoms in total. The van der Waals surface area contributed by atoms with Crippen molar-refractivity contribution in [1.29, 1.82) is 0 Å². The average molecular weight is 343 g/mol. The van der Waals surface area contributed by atoms with Gasteiger partial charge < -0.3 is 9.84 Å². The lowest BCUT2D eigenvalue weighted by molar-refractivity contribution is -0.150. The number of hydrogen-bond acceptors (Lipinski definition) is 3. The second-order valence-electron chi connectivity index (χ2n) is 6.03. The molecule has 0 spiro atoms. The molecule has 2 aromatic carbocycles. The summed E-state index contributed by atoms with van der Waals surface area (Å²) in [6, 6.07) is 13.4. The molecule has 1 aliphatic carbocycles. The van der Waals surface area contributed by atoms with Gasteiger partial charge in [-0.05, 0) is 35.6 Å². The molecule has 6 heteroatoms. The third kappa shape index (κ3) is 2.84. The maximum atomic E-state index is 14.0. The van der Waals surface area contributed by atoms with Crippen molar-refractivity contribution in [2.45, 2.75) is 25.0 Å². The van der Waals surface area contributed by atoms with Crippen molar-refractivity contribution in [3.05, 3.63) is 71.0 Å². The van der Waals surface area contributed by atoms with E-state index in [1.54, 1.807) is 18.2 Å². The molecule has 0 saturated carbocycles. The van der Waals surface area contributed by atoms with Crippen LogP contribution in [-0.4, -0.2) is 29.1 Å². The number of likely N-dealkylation sites (N-methyl/N-ethyl adjacent to an activating group) is 1. The van der Waals surface area contributed by atoms with Crippen molar-refractivity contribution in [3.8, 4) is 0 Å². The quantitative estimate of drug-likeness (QED) is 0.925. The van der Waals surface area contributed by atoms with Crippen LogP contribution in [0.15, 0.2) is 48.5 Å². The summed E-state index contributed by atoms with van der Waals surface area (Å²) < 4.78 is 19.3. The van der Waals surface area contributed by atoms with Crippen molar-refractivity contribution < 1.29 is 23.8 Å². The van der Waals surface area contributed by atoms with Crippen LogP contribution >= 0.6 is 0 Å². The van der Waals surface area contributed by atoms with Crippen LogP contribution in [0.5, 0.6) is 0 Å². The number of fused-ring (bicyclic) bond motifs is 1. The van der Waals surface area contributed by atoms with E-state index >= 15 is 0 Å². The number of carboxylic acid groups (broad SMARTS) is 1. The third-order valence-corrected chi connectivity index (χ3v) is 4.71. The van der Waals surface area contributed by atoms with Crippen LogP contribution in [0, 0.1) is 5.82 Å². The fourth-order valence-electron chi connectivity index (χ4n) is 3.33. The number of aliphatic carboxylic acids is 1. The first-order valence-corrected chi connectivity index (χ1v) is 7.92. The van der Waals surface area contributed by atoms with E-state index in [-0.39, 0.29) is 19.4 Å². The minimum atomic E-state index is -1.62.